The third-order valence-electron chi connectivity index (χ3n) is 4.36. The molecule has 0 aliphatic carbocycles. The second-order valence-electron chi connectivity index (χ2n) is 6.26. The zero-order valence-electron chi connectivity index (χ0n) is 16.1. The van der Waals surface area contributed by atoms with E-state index in [0.29, 0.717) is 16.7 Å². The van der Waals surface area contributed by atoms with Crippen LogP contribution in [0, 0.1) is 0 Å². The van der Waals surface area contributed by atoms with Crippen LogP contribution >= 0.6 is 0 Å². The predicted molar refractivity (Wildman–Crippen MR) is 107 cm³/mol. The number of ether oxygens (including phenoxy) is 1. The molecule has 9 nitrogen and oxygen atoms in total. The molecule has 0 atom stereocenters. The van der Waals surface area contributed by atoms with Crippen LogP contribution in [0.4, 0.5) is 0 Å². The van der Waals surface area contributed by atoms with Gasteiger partial charge in [-0.1, -0.05) is 12.1 Å². The van der Waals surface area contributed by atoms with Crippen molar-refractivity contribution in [3.8, 4) is 5.75 Å². The van der Waals surface area contributed by atoms with Crippen molar-refractivity contribution in [2.24, 2.45) is 0 Å². The third-order valence-corrected chi connectivity index (χ3v) is 5.80. The van der Waals surface area contributed by atoms with Crippen LogP contribution in [0.3, 0.4) is 0 Å². The Hall–Kier alpha value is -3.24. The molecule has 3 aromatic rings. The maximum absolute atomic E-state index is 12.8. The molecule has 10 heteroatoms. The van der Waals surface area contributed by atoms with Crippen LogP contribution in [0.25, 0.3) is 10.9 Å². The first-order chi connectivity index (χ1) is 13.8. The number of hydrogen-bond acceptors (Lipinski definition) is 6. The number of methoxy groups -OCH3 is 1. The number of carbonyl (C=O) groups excluding carboxylic acids is 1. The summed E-state index contributed by atoms with van der Waals surface area (Å²) in [5.74, 6) is 0.0104. The minimum Gasteiger partial charge on any atom is -0.495 e. The number of fused-ring (bicyclic) bond motifs is 1. The van der Waals surface area contributed by atoms with Gasteiger partial charge >= 0.3 is 0 Å². The highest BCUT2D eigenvalue weighted by molar-refractivity contribution is 7.89. The van der Waals surface area contributed by atoms with Gasteiger partial charge < -0.3 is 14.6 Å². The molecule has 0 radical (unpaired) electrons. The smallest absolute Gasteiger partial charge is 0.258 e. The molecule has 0 fully saturated rings. The maximum atomic E-state index is 12.8. The number of sulfonamides is 1. The number of para-hydroxylation sites is 1. The molecule has 152 valence electrons. The van der Waals surface area contributed by atoms with E-state index in [0.717, 1.165) is 0 Å². The average Bonchev–Trinajstić information content (AvgIpc) is 2.72. The summed E-state index contributed by atoms with van der Waals surface area (Å²) in [4.78, 5) is 33.2. The highest BCUT2D eigenvalue weighted by Crippen LogP contribution is 2.25. The fraction of sp³-hybridized carbons (Fsp3) is 0.211. The van der Waals surface area contributed by atoms with Gasteiger partial charge in [-0.25, -0.2) is 18.1 Å². The van der Waals surface area contributed by atoms with E-state index >= 15 is 0 Å². The van der Waals surface area contributed by atoms with Crippen molar-refractivity contribution in [3.05, 3.63) is 64.2 Å². The molecule has 0 saturated carbocycles. The molecule has 0 saturated heterocycles. The van der Waals surface area contributed by atoms with Crippen molar-refractivity contribution in [1.82, 2.24) is 19.6 Å². The standard InChI is InChI=1S/C19H20N4O5S/c1-20-29(26,27)16-10-12(8-9-15(16)28-3)19(25)23(2)11-17-21-14-7-5-4-6-13(14)18(24)22-17/h4-10,20H,11H2,1-3H3,(H,21,22,24). The predicted octanol–water partition coefficient (Wildman–Crippen LogP) is 1.11. The van der Waals surface area contributed by atoms with Gasteiger partial charge in [0.05, 0.1) is 24.6 Å². The van der Waals surface area contributed by atoms with Gasteiger partial charge in [-0.3, -0.25) is 9.59 Å². The number of nitrogens with zero attached hydrogens (tertiary/aromatic N) is 2. The van der Waals surface area contributed by atoms with E-state index in [-0.39, 0.29) is 28.3 Å². The number of aromatic amines is 1. The molecule has 1 heterocycles. The lowest BCUT2D eigenvalue weighted by atomic mass is 10.2. The Bertz CT molecular complexity index is 1240. The van der Waals surface area contributed by atoms with E-state index < -0.39 is 15.9 Å². The number of amides is 1. The number of rotatable bonds is 6. The molecule has 0 aliphatic rings. The molecule has 0 bridgehead atoms. The van der Waals surface area contributed by atoms with Crippen LogP contribution in [0.2, 0.25) is 0 Å². The van der Waals surface area contributed by atoms with Gasteiger partial charge in [0.1, 0.15) is 16.5 Å². The Labute approximate surface area is 167 Å². The van der Waals surface area contributed by atoms with E-state index in [9.17, 15) is 18.0 Å². The van der Waals surface area contributed by atoms with Gasteiger partial charge in [0.2, 0.25) is 10.0 Å². The van der Waals surface area contributed by atoms with Crippen LogP contribution in [0.5, 0.6) is 5.75 Å². The van der Waals surface area contributed by atoms with Gasteiger partial charge in [0.25, 0.3) is 11.5 Å². The molecular formula is C19H20N4O5S. The van der Waals surface area contributed by atoms with Crippen LogP contribution in [-0.4, -0.2) is 50.4 Å². The van der Waals surface area contributed by atoms with Crippen molar-refractivity contribution in [3.63, 3.8) is 0 Å². The zero-order valence-corrected chi connectivity index (χ0v) is 16.9. The average molecular weight is 416 g/mol. The Kier molecular flexibility index (Phi) is 5.66. The second-order valence-corrected chi connectivity index (χ2v) is 8.12. The largest absolute Gasteiger partial charge is 0.495 e. The third kappa shape index (κ3) is 4.13. The normalized spacial score (nSPS) is 11.4. The summed E-state index contributed by atoms with van der Waals surface area (Å²) in [7, 11) is 0.340. The highest BCUT2D eigenvalue weighted by atomic mass is 32.2. The quantitative estimate of drug-likeness (QED) is 0.621. The maximum Gasteiger partial charge on any atom is 0.258 e. The zero-order chi connectivity index (χ0) is 21.2. The second kappa shape index (κ2) is 8.02. The van der Waals surface area contributed by atoms with Crippen molar-refractivity contribution in [2.75, 3.05) is 21.2 Å². The summed E-state index contributed by atoms with van der Waals surface area (Å²) in [5, 5.41) is 0.460. The molecule has 29 heavy (non-hydrogen) atoms. The van der Waals surface area contributed by atoms with Crippen LogP contribution in [0.15, 0.2) is 52.2 Å². The van der Waals surface area contributed by atoms with E-state index in [4.69, 9.17) is 4.74 Å². The first kappa shape index (κ1) is 20.5. The number of nitrogens with one attached hydrogen (secondary N) is 2. The molecular weight excluding hydrogens is 396 g/mol. The fourth-order valence-electron chi connectivity index (χ4n) is 2.86. The molecule has 0 spiro atoms. The lowest BCUT2D eigenvalue weighted by Crippen LogP contribution is -2.29. The van der Waals surface area contributed by atoms with E-state index in [2.05, 4.69) is 14.7 Å². The van der Waals surface area contributed by atoms with Crippen LogP contribution < -0.4 is 15.0 Å². The summed E-state index contributed by atoms with van der Waals surface area (Å²) in [6.07, 6.45) is 0. The Morgan fingerprint density at radius 2 is 1.97 bits per heavy atom. The Balaban J connectivity index is 1.91. The van der Waals surface area contributed by atoms with Gasteiger partial charge in [0.15, 0.2) is 0 Å². The number of carbonyl (C=O) groups is 1. The first-order valence-corrected chi connectivity index (χ1v) is 10.1. The Morgan fingerprint density at radius 1 is 1.24 bits per heavy atom. The SMILES string of the molecule is CNS(=O)(=O)c1cc(C(=O)N(C)Cc2nc3ccccc3c(=O)[nH]2)ccc1OC. The molecule has 1 amide bonds. The van der Waals surface area contributed by atoms with E-state index in [1.807, 2.05) is 0 Å². The Morgan fingerprint density at radius 3 is 2.66 bits per heavy atom. The van der Waals surface area contributed by atoms with Crippen LogP contribution in [0.1, 0.15) is 16.2 Å². The monoisotopic (exact) mass is 416 g/mol. The van der Waals surface area contributed by atoms with Crippen molar-refractivity contribution >= 4 is 26.8 Å². The number of benzene rings is 2. The van der Waals surface area contributed by atoms with Crippen molar-refractivity contribution in [2.45, 2.75) is 11.4 Å². The molecule has 0 unspecified atom stereocenters. The van der Waals surface area contributed by atoms with Gasteiger partial charge in [0, 0.05) is 12.6 Å². The molecule has 2 aromatic carbocycles. The minimum absolute atomic E-state index is 0.0407. The summed E-state index contributed by atoms with van der Waals surface area (Å²) in [6, 6.07) is 11.0. The van der Waals surface area contributed by atoms with Gasteiger partial charge in [-0.15, -0.1) is 0 Å². The number of aromatic nitrogens is 2. The van der Waals surface area contributed by atoms with Gasteiger partial charge in [-0.2, -0.15) is 0 Å². The summed E-state index contributed by atoms with van der Waals surface area (Å²) in [5.41, 5.74) is 0.391. The van der Waals surface area contributed by atoms with Crippen molar-refractivity contribution in [1.29, 1.82) is 0 Å². The van der Waals surface area contributed by atoms with Crippen LogP contribution in [-0.2, 0) is 16.6 Å². The number of H-pyrrole nitrogens is 1. The number of hydrogen-bond donors (Lipinski definition) is 2. The minimum atomic E-state index is -3.82. The lowest BCUT2D eigenvalue weighted by molar-refractivity contribution is 0.0781. The van der Waals surface area contributed by atoms with E-state index in [1.54, 1.807) is 24.3 Å². The topological polar surface area (TPSA) is 121 Å². The first-order valence-electron chi connectivity index (χ1n) is 8.62. The lowest BCUT2D eigenvalue weighted by Gasteiger charge is -2.18. The molecule has 3 rings (SSSR count). The fourth-order valence-corrected chi connectivity index (χ4v) is 3.77. The summed E-state index contributed by atoms with van der Waals surface area (Å²) >= 11 is 0. The van der Waals surface area contributed by atoms with E-state index in [1.165, 1.54) is 44.3 Å². The van der Waals surface area contributed by atoms with Crippen molar-refractivity contribution < 1.29 is 17.9 Å². The molecule has 2 N–H and O–H groups in total. The summed E-state index contributed by atoms with van der Waals surface area (Å²) < 4.78 is 31.7. The molecule has 1 aromatic heterocycles. The summed E-state index contributed by atoms with van der Waals surface area (Å²) in [6.45, 7) is 0.0407. The highest BCUT2D eigenvalue weighted by Gasteiger charge is 2.22. The molecule has 0 aliphatic heterocycles. The van der Waals surface area contributed by atoms with Gasteiger partial charge in [-0.05, 0) is 37.4 Å².